The molecule has 1 aliphatic carbocycles. The van der Waals surface area contributed by atoms with Crippen LogP contribution in [0.3, 0.4) is 0 Å². The van der Waals surface area contributed by atoms with Crippen molar-refractivity contribution in [1.82, 2.24) is 9.78 Å². The van der Waals surface area contributed by atoms with Crippen LogP contribution in [-0.4, -0.2) is 29.6 Å². The average Bonchev–Trinajstić information content (AvgIpc) is 2.83. The molecule has 0 bridgehead atoms. The summed E-state index contributed by atoms with van der Waals surface area (Å²) in [6.07, 6.45) is 7.04. The minimum atomic E-state index is 0.557. The highest BCUT2D eigenvalue weighted by atomic mass is 16.5. The number of ether oxygens (including phenoxy) is 2. The molecule has 0 spiro atoms. The maximum atomic E-state index is 5.86. The Hall–Kier alpha value is -1.03. The number of hydrogen-bond acceptors (Lipinski definition) is 3. The Bertz CT molecular complexity index is 379. The second-order valence-corrected chi connectivity index (χ2v) is 5.18. The Morgan fingerprint density at radius 1 is 1.47 bits per heavy atom. The number of hydrogen-bond donors (Lipinski definition) is 0. The molecule has 2 aliphatic rings. The molecule has 4 nitrogen and oxygen atoms in total. The van der Waals surface area contributed by atoms with Crippen molar-refractivity contribution < 1.29 is 9.47 Å². The maximum absolute atomic E-state index is 5.86. The lowest BCUT2D eigenvalue weighted by Gasteiger charge is -2.25. The van der Waals surface area contributed by atoms with Crippen LogP contribution in [0.1, 0.15) is 37.4 Å². The van der Waals surface area contributed by atoms with Crippen LogP contribution < -0.4 is 4.74 Å². The van der Waals surface area contributed by atoms with E-state index in [1.54, 1.807) is 0 Å². The zero-order valence-electron chi connectivity index (χ0n) is 10.4. The van der Waals surface area contributed by atoms with Crippen molar-refractivity contribution in [3.63, 3.8) is 0 Å². The van der Waals surface area contributed by atoms with E-state index in [4.69, 9.17) is 9.47 Å². The topological polar surface area (TPSA) is 36.3 Å². The zero-order chi connectivity index (χ0) is 11.7. The summed E-state index contributed by atoms with van der Waals surface area (Å²) in [4.78, 5) is 0. The normalized spacial score (nSPS) is 24.9. The first-order chi connectivity index (χ1) is 8.33. The Labute approximate surface area is 102 Å². The molecule has 3 rings (SSSR count). The third kappa shape index (κ3) is 2.32. The summed E-state index contributed by atoms with van der Waals surface area (Å²) in [5.41, 5.74) is 1.01. The van der Waals surface area contributed by atoms with Crippen LogP contribution in [0.25, 0.3) is 0 Å². The van der Waals surface area contributed by atoms with Crippen molar-refractivity contribution in [2.45, 2.75) is 38.6 Å². The highest BCUT2D eigenvalue weighted by Crippen LogP contribution is 2.32. The van der Waals surface area contributed by atoms with Crippen LogP contribution in [0.5, 0.6) is 5.75 Å². The lowest BCUT2D eigenvalue weighted by atomic mass is 9.93. The first-order valence-corrected chi connectivity index (χ1v) is 6.59. The number of aryl methyl sites for hydroxylation is 1. The van der Waals surface area contributed by atoms with E-state index in [1.165, 1.54) is 19.3 Å². The minimum Gasteiger partial charge on any atom is -0.490 e. The van der Waals surface area contributed by atoms with Crippen molar-refractivity contribution in [3.05, 3.63) is 11.9 Å². The smallest absolute Gasteiger partial charge is 0.160 e. The van der Waals surface area contributed by atoms with Crippen molar-refractivity contribution in [2.24, 2.45) is 5.92 Å². The summed E-state index contributed by atoms with van der Waals surface area (Å²) < 4.78 is 13.3. The Morgan fingerprint density at radius 2 is 2.35 bits per heavy atom. The van der Waals surface area contributed by atoms with E-state index < -0.39 is 0 Å². The highest BCUT2D eigenvalue weighted by molar-refractivity contribution is 5.23. The molecule has 0 aromatic carbocycles. The average molecular weight is 236 g/mol. The molecule has 94 valence electrons. The predicted octanol–water partition coefficient (Wildman–Crippen LogP) is 2.33. The molecule has 1 atom stereocenters. The van der Waals surface area contributed by atoms with Gasteiger partial charge >= 0.3 is 0 Å². The molecule has 17 heavy (non-hydrogen) atoms. The standard InChI is InChI=1S/C13H20N2O2/c1-10-13(17-9-11-5-6-16-8-11)7-15(14-10)12-3-2-4-12/h7,11-12H,2-6,8-9H2,1H3. The lowest BCUT2D eigenvalue weighted by molar-refractivity contribution is 0.166. The molecule has 2 heterocycles. The van der Waals surface area contributed by atoms with Crippen LogP contribution >= 0.6 is 0 Å². The van der Waals surface area contributed by atoms with E-state index in [1.807, 2.05) is 6.92 Å². The highest BCUT2D eigenvalue weighted by Gasteiger charge is 2.22. The third-order valence-electron chi connectivity index (χ3n) is 3.82. The number of nitrogens with zero attached hydrogens (tertiary/aromatic N) is 2. The fourth-order valence-corrected chi connectivity index (χ4v) is 2.37. The van der Waals surface area contributed by atoms with E-state index in [2.05, 4.69) is 16.0 Å². The van der Waals surface area contributed by atoms with E-state index in [-0.39, 0.29) is 0 Å². The molecule has 0 radical (unpaired) electrons. The number of aromatic nitrogens is 2. The lowest BCUT2D eigenvalue weighted by Crippen LogP contribution is -2.17. The van der Waals surface area contributed by atoms with Crippen LogP contribution in [0.4, 0.5) is 0 Å². The van der Waals surface area contributed by atoms with Crippen LogP contribution in [-0.2, 0) is 4.74 Å². The van der Waals surface area contributed by atoms with Crippen molar-refractivity contribution in [3.8, 4) is 5.75 Å². The fourth-order valence-electron chi connectivity index (χ4n) is 2.37. The molecular weight excluding hydrogens is 216 g/mol. The van der Waals surface area contributed by atoms with Gasteiger partial charge in [0, 0.05) is 12.5 Å². The molecular formula is C13H20N2O2. The van der Waals surface area contributed by atoms with Crippen molar-refractivity contribution in [2.75, 3.05) is 19.8 Å². The molecule has 2 fully saturated rings. The fraction of sp³-hybridized carbons (Fsp3) is 0.769. The molecule has 4 heteroatoms. The van der Waals surface area contributed by atoms with Gasteiger partial charge in [0.25, 0.3) is 0 Å². The largest absolute Gasteiger partial charge is 0.490 e. The van der Waals surface area contributed by atoms with Crippen LogP contribution in [0, 0.1) is 12.8 Å². The third-order valence-corrected chi connectivity index (χ3v) is 3.82. The van der Waals surface area contributed by atoms with Gasteiger partial charge in [-0.15, -0.1) is 0 Å². The summed E-state index contributed by atoms with van der Waals surface area (Å²) >= 11 is 0. The number of rotatable bonds is 4. The van der Waals surface area contributed by atoms with Gasteiger partial charge in [-0.2, -0.15) is 5.10 Å². The second-order valence-electron chi connectivity index (χ2n) is 5.18. The van der Waals surface area contributed by atoms with Gasteiger partial charge in [0.2, 0.25) is 0 Å². The summed E-state index contributed by atoms with van der Waals surface area (Å²) in [5, 5.41) is 4.54. The van der Waals surface area contributed by atoms with E-state index >= 15 is 0 Å². The van der Waals surface area contributed by atoms with Gasteiger partial charge in [-0.25, -0.2) is 0 Å². The first-order valence-electron chi connectivity index (χ1n) is 6.59. The monoisotopic (exact) mass is 236 g/mol. The van der Waals surface area contributed by atoms with Gasteiger partial charge in [0.05, 0.1) is 25.5 Å². The van der Waals surface area contributed by atoms with Gasteiger partial charge in [0.1, 0.15) is 5.69 Å². The molecule has 1 saturated carbocycles. The first kappa shape index (κ1) is 11.1. The molecule has 1 aromatic heterocycles. The molecule has 1 aromatic rings. The minimum absolute atomic E-state index is 0.557. The SMILES string of the molecule is Cc1nn(C2CCC2)cc1OCC1CCOC1. The van der Waals surface area contributed by atoms with Crippen LogP contribution in [0.15, 0.2) is 6.20 Å². The summed E-state index contributed by atoms with van der Waals surface area (Å²) in [5.74, 6) is 1.50. The quantitative estimate of drug-likeness (QED) is 0.805. The zero-order valence-corrected chi connectivity index (χ0v) is 10.4. The van der Waals surface area contributed by atoms with Crippen molar-refractivity contribution in [1.29, 1.82) is 0 Å². The van der Waals surface area contributed by atoms with Crippen molar-refractivity contribution >= 4 is 0 Å². The Balaban J connectivity index is 1.59. The summed E-state index contributed by atoms with van der Waals surface area (Å²) in [6, 6.07) is 0.612. The van der Waals surface area contributed by atoms with Gasteiger partial charge in [-0.1, -0.05) is 0 Å². The van der Waals surface area contributed by atoms with E-state index in [0.29, 0.717) is 12.0 Å². The predicted molar refractivity (Wildman–Crippen MR) is 64.3 cm³/mol. The Morgan fingerprint density at radius 3 is 3.00 bits per heavy atom. The van der Waals surface area contributed by atoms with E-state index in [0.717, 1.165) is 37.7 Å². The summed E-state index contributed by atoms with van der Waals surface area (Å²) in [7, 11) is 0. The van der Waals surface area contributed by atoms with Gasteiger partial charge in [-0.05, 0) is 32.6 Å². The Kier molecular flexibility index (Phi) is 3.05. The van der Waals surface area contributed by atoms with Gasteiger partial charge in [-0.3, -0.25) is 4.68 Å². The molecule has 1 saturated heterocycles. The molecule has 1 unspecified atom stereocenters. The van der Waals surface area contributed by atoms with E-state index in [9.17, 15) is 0 Å². The second kappa shape index (κ2) is 4.69. The van der Waals surface area contributed by atoms with Gasteiger partial charge in [0.15, 0.2) is 5.75 Å². The molecule has 0 amide bonds. The molecule has 0 N–H and O–H groups in total. The van der Waals surface area contributed by atoms with Gasteiger partial charge < -0.3 is 9.47 Å². The molecule has 1 aliphatic heterocycles. The maximum Gasteiger partial charge on any atom is 0.160 e. The van der Waals surface area contributed by atoms with Crippen LogP contribution in [0.2, 0.25) is 0 Å². The summed E-state index contributed by atoms with van der Waals surface area (Å²) in [6.45, 7) is 4.51.